The van der Waals surface area contributed by atoms with Gasteiger partial charge in [-0.25, -0.2) is 4.79 Å². The molecule has 2 aliphatic rings. The van der Waals surface area contributed by atoms with E-state index >= 15 is 0 Å². The summed E-state index contributed by atoms with van der Waals surface area (Å²) in [4.78, 5) is 24.6. The highest BCUT2D eigenvalue weighted by Crippen LogP contribution is 2.46. The van der Waals surface area contributed by atoms with Gasteiger partial charge in [-0.1, -0.05) is 25.0 Å². The fraction of sp³-hybridized carbons (Fsp3) is 0.481. The maximum atomic E-state index is 12.5. The minimum Gasteiger partial charge on any atom is -0.493 e. The van der Waals surface area contributed by atoms with Gasteiger partial charge in [-0.05, 0) is 56.4 Å². The van der Waals surface area contributed by atoms with Gasteiger partial charge < -0.3 is 23.7 Å². The third-order valence-electron chi connectivity index (χ3n) is 6.42. The van der Waals surface area contributed by atoms with Gasteiger partial charge in [0.1, 0.15) is 18.8 Å². The fourth-order valence-corrected chi connectivity index (χ4v) is 4.73. The summed E-state index contributed by atoms with van der Waals surface area (Å²) in [5.41, 5.74) is 2.04. The third kappa shape index (κ3) is 4.98. The molecule has 2 aromatic carbocycles. The standard InChI is InChI=1S/C27H32O7/c1-27(2,34-23(28)14-17-8-5-6-9-17)16-33-24-19(12-13-22(30-3)25(24)31-4)18-10-7-11-20-21(18)15-32-26(20)29/h7,10-13,17H,5-6,8-9,14-16H2,1-4H3. The Morgan fingerprint density at radius 2 is 1.74 bits per heavy atom. The summed E-state index contributed by atoms with van der Waals surface area (Å²) in [5, 5.41) is 0. The Morgan fingerprint density at radius 1 is 1.00 bits per heavy atom. The monoisotopic (exact) mass is 468 g/mol. The number of carbonyl (C=O) groups excluding carboxylic acids is 2. The van der Waals surface area contributed by atoms with Gasteiger partial charge in [0.25, 0.3) is 0 Å². The summed E-state index contributed by atoms with van der Waals surface area (Å²) in [6, 6.07) is 9.15. The first kappa shape index (κ1) is 23.9. The average molecular weight is 469 g/mol. The van der Waals surface area contributed by atoms with Gasteiger partial charge in [0, 0.05) is 17.5 Å². The highest BCUT2D eigenvalue weighted by Gasteiger charge is 2.30. The van der Waals surface area contributed by atoms with E-state index in [9.17, 15) is 9.59 Å². The van der Waals surface area contributed by atoms with Crippen molar-refractivity contribution in [2.45, 2.75) is 58.2 Å². The van der Waals surface area contributed by atoms with Gasteiger partial charge >= 0.3 is 11.9 Å². The fourth-order valence-electron chi connectivity index (χ4n) is 4.73. The summed E-state index contributed by atoms with van der Waals surface area (Å²) in [6.07, 6.45) is 4.99. The van der Waals surface area contributed by atoms with Crippen molar-refractivity contribution in [1.29, 1.82) is 0 Å². The quantitative estimate of drug-likeness (QED) is 0.461. The smallest absolute Gasteiger partial charge is 0.338 e. The van der Waals surface area contributed by atoms with E-state index in [1.54, 1.807) is 26.4 Å². The zero-order valence-corrected chi connectivity index (χ0v) is 20.3. The lowest BCUT2D eigenvalue weighted by Crippen LogP contribution is -2.35. The van der Waals surface area contributed by atoms with Gasteiger partial charge in [0.2, 0.25) is 5.75 Å². The third-order valence-corrected chi connectivity index (χ3v) is 6.42. The molecule has 0 saturated heterocycles. The molecule has 7 heteroatoms. The Morgan fingerprint density at radius 3 is 2.44 bits per heavy atom. The van der Waals surface area contributed by atoms with Gasteiger partial charge in [-0.2, -0.15) is 0 Å². The Balaban J connectivity index is 1.60. The summed E-state index contributed by atoms with van der Waals surface area (Å²) < 4.78 is 28.4. The van der Waals surface area contributed by atoms with E-state index in [1.807, 2.05) is 32.0 Å². The van der Waals surface area contributed by atoms with Gasteiger partial charge in [0.05, 0.1) is 19.8 Å². The number of carbonyl (C=O) groups is 2. The van der Waals surface area contributed by atoms with Crippen LogP contribution in [0, 0.1) is 5.92 Å². The zero-order chi connectivity index (χ0) is 24.3. The van der Waals surface area contributed by atoms with Crippen LogP contribution < -0.4 is 14.2 Å². The normalized spacial score (nSPS) is 15.6. The van der Waals surface area contributed by atoms with Crippen molar-refractivity contribution in [3.63, 3.8) is 0 Å². The molecular weight excluding hydrogens is 436 g/mol. The molecule has 0 unspecified atom stereocenters. The SMILES string of the molecule is COc1ccc(-c2cccc3c2COC3=O)c(OCC(C)(C)OC(=O)CC2CCCC2)c1OC. The van der Waals surface area contributed by atoms with E-state index in [0.717, 1.165) is 29.5 Å². The number of esters is 2. The first-order chi connectivity index (χ1) is 16.3. The van der Waals surface area contributed by atoms with Crippen molar-refractivity contribution in [1.82, 2.24) is 0 Å². The Labute approximate surface area is 200 Å². The van der Waals surface area contributed by atoms with E-state index in [-0.39, 0.29) is 25.2 Å². The minimum atomic E-state index is -0.848. The average Bonchev–Trinajstić information content (AvgIpc) is 3.46. The van der Waals surface area contributed by atoms with Crippen LogP contribution in [0.25, 0.3) is 11.1 Å². The first-order valence-electron chi connectivity index (χ1n) is 11.7. The van der Waals surface area contributed by atoms with Crippen LogP contribution in [0.15, 0.2) is 30.3 Å². The van der Waals surface area contributed by atoms with Crippen molar-refractivity contribution in [3.8, 4) is 28.4 Å². The van der Waals surface area contributed by atoms with E-state index in [1.165, 1.54) is 12.8 Å². The van der Waals surface area contributed by atoms with Crippen LogP contribution in [0.5, 0.6) is 17.2 Å². The van der Waals surface area contributed by atoms with E-state index in [2.05, 4.69) is 0 Å². The molecule has 1 heterocycles. The molecule has 0 atom stereocenters. The lowest BCUT2D eigenvalue weighted by atomic mass is 9.95. The number of hydrogen-bond acceptors (Lipinski definition) is 7. The number of fused-ring (bicyclic) bond motifs is 1. The van der Waals surface area contributed by atoms with Gasteiger partial charge in [0.15, 0.2) is 11.5 Å². The summed E-state index contributed by atoms with van der Waals surface area (Å²) >= 11 is 0. The van der Waals surface area contributed by atoms with Crippen LogP contribution in [0.4, 0.5) is 0 Å². The molecule has 34 heavy (non-hydrogen) atoms. The topological polar surface area (TPSA) is 80.3 Å². The van der Waals surface area contributed by atoms with Crippen LogP contribution in [0.3, 0.4) is 0 Å². The minimum absolute atomic E-state index is 0.115. The molecule has 0 bridgehead atoms. The number of methoxy groups -OCH3 is 2. The van der Waals surface area contributed by atoms with Crippen molar-refractivity contribution in [2.75, 3.05) is 20.8 Å². The lowest BCUT2D eigenvalue weighted by molar-refractivity contribution is -0.160. The summed E-state index contributed by atoms with van der Waals surface area (Å²) in [5.74, 6) is 1.27. The largest absolute Gasteiger partial charge is 0.493 e. The number of rotatable bonds is 9. The Kier molecular flexibility index (Phi) is 7.00. The van der Waals surface area contributed by atoms with Gasteiger partial charge in [-0.3, -0.25) is 4.79 Å². The highest BCUT2D eigenvalue weighted by molar-refractivity contribution is 5.96. The first-order valence-corrected chi connectivity index (χ1v) is 11.7. The van der Waals surface area contributed by atoms with E-state index in [4.69, 9.17) is 23.7 Å². The molecule has 4 rings (SSSR count). The second-order valence-electron chi connectivity index (χ2n) is 9.46. The zero-order valence-electron chi connectivity index (χ0n) is 20.3. The van der Waals surface area contributed by atoms with Crippen molar-refractivity contribution in [3.05, 3.63) is 41.5 Å². The van der Waals surface area contributed by atoms with Crippen LogP contribution in [0.2, 0.25) is 0 Å². The summed E-state index contributed by atoms with van der Waals surface area (Å²) in [6.45, 7) is 3.98. The molecule has 0 N–H and O–H groups in total. The van der Waals surface area contributed by atoms with Crippen molar-refractivity contribution < 1.29 is 33.3 Å². The molecule has 2 aromatic rings. The van der Waals surface area contributed by atoms with Crippen molar-refractivity contribution >= 4 is 11.9 Å². The molecule has 0 amide bonds. The second kappa shape index (κ2) is 9.95. The highest BCUT2D eigenvalue weighted by atomic mass is 16.6. The lowest BCUT2D eigenvalue weighted by Gasteiger charge is -2.27. The molecular formula is C27H32O7. The van der Waals surface area contributed by atoms with Crippen LogP contribution >= 0.6 is 0 Å². The summed E-state index contributed by atoms with van der Waals surface area (Å²) in [7, 11) is 3.10. The molecule has 1 aliphatic carbocycles. The molecule has 1 aliphatic heterocycles. The van der Waals surface area contributed by atoms with Crippen LogP contribution in [-0.4, -0.2) is 38.4 Å². The molecule has 1 fully saturated rings. The van der Waals surface area contributed by atoms with Gasteiger partial charge in [-0.15, -0.1) is 0 Å². The Bertz CT molecular complexity index is 1070. The Hall–Kier alpha value is -3.22. The maximum absolute atomic E-state index is 12.5. The van der Waals surface area contributed by atoms with E-state index in [0.29, 0.717) is 35.2 Å². The maximum Gasteiger partial charge on any atom is 0.338 e. The molecule has 7 nitrogen and oxygen atoms in total. The van der Waals surface area contributed by atoms with Crippen LogP contribution in [0.1, 0.15) is 61.9 Å². The molecule has 0 spiro atoms. The number of cyclic esters (lactones) is 1. The number of benzene rings is 2. The number of ether oxygens (including phenoxy) is 5. The molecule has 0 radical (unpaired) electrons. The predicted octanol–water partition coefficient (Wildman–Crippen LogP) is 5.32. The second-order valence-corrected chi connectivity index (χ2v) is 9.46. The predicted molar refractivity (Wildman–Crippen MR) is 126 cm³/mol. The molecule has 1 saturated carbocycles. The van der Waals surface area contributed by atoms with E-state index < -0.39 is 5.60 Å². The molecule has 0 aromatic heterocycles. The number of hydrogen-bond donors (Lipinski definition) is 0. The molecule has 182 valence electrons. The van der Waals surface area contributed by atoms with Crippen LogP contribution in [-0.2, 0) is 20.9 Å². The van der Waals surface area contributed by atoms with Crippen molar-refractivity contribution in [2.24, 2.45) is 5.92 Å².